The first-order valence-electron chi connectivity index (χ1n) is 8.14. The molecule has 0 atom stereocenters. The van der Waals surface area contributed by atoms with Gasteiger partial charge < -0.3 is 19.5 Å². The van der Waals surface area contributed by atoms with E-state index < -0.39 is 17.6 Å². The third-order valence-electron chi connectivity index (χ3n) is 3.85. The van der Waals surface area contributed by atoms with Crippen molar-refractivity contribution in [2.75, 3.05) is 26.6 Å². The highest BCUT2D eigenvalue weighted by Crippen LogP contribution is 2.36. The van der Waals surface area contributed by atoms with E-state index in [-0.39, 0.29) is 11.3 Å². The van der Waals surface area contributed by atoms with Gasteiger partial charge in [-0.1, -0.05) is 6.07 Å². The average molecular weight is 406 g/mol. The molecule has 152 valence electrons. The normalized spacial score (nSPS) is 11.4. The van der Waals surface area contributed by atoms with Crippen molar-refractivity contribution < 1.29 is 32.2 Å². The van der Waals surface area contributed by atoms with Gasteiger partial charge in [-0.2, -0.15) is 18.4 Å². The van der Waals surface area contributed by atoms with Gasteiger partial charge in [0.1, 0.15) is 17.4 Å². The predicted molar refractivity (Wildman–Crippen MR) is 99.8 cm³/mol. The number of alkyl halides is 3. The molecule has 0 saturated carbocycles. The summed E-state index contributed by atoms with van der Waals surface area (Å²) in [5, 5.41) is 11.6. The number of nitriles is 1. The summed E-state index contributed by atoms with van der Waals surface area (Å²) in [5.74, 6) is 0.162. The second-order valence-corrected chi connectivity index (χ2v) is 5.65. The maximum atomic E-state index is 12.8. The lowest BCUT2D eigenvalue weighted by atomic mass is 10.1. The van der Waals surface area contributed by atoms with E-state index in [0.29, 0.717) is 22.8 Å². The third kappa shape index (κ3) is 5.19. The number of ether oxygens (including phenoxy) is 3. The quantitative estimate of drug-likeness (QED) is 0.572. The van der Waals surface area contributed by atoms with Crippen LogP contribution < -0.4 is 19.5 Å². The Morgan fingerprint density at radius 3 is 2.21 bits per heavy atom. The monoisotopic (exact) mass is 406 g/mol. The smallest absolute Gasteiger partial charge is 0.416 e. The van der Waals surface area contributed by atoms with Crippen LogP contribution in [0, 0.1) is 11.3 Å². The van der Waals surface area contributed by atoms with Crippen LogP contribution in [0.15, 0.2) is 42.0 Å². The first-order chi connectivity index (χ1) is 13.7. The van der Waals surface area contributed by atoms with Gasteiger partial charge in [0, 0.05) is 17.3 Å². The first-order valence-corrected chi connectivity index (χ1v) is 8.14. The Bertz CT molecular complexity index is 979. The Morgan fingerprint density at radius 1 is 1.03 bits per heavy atom. The van der Waals surface area contributed by atoms with Gasteiger partial charge in [-0.3, -0.25) is 4.79 Å². The fraction of sp³-hybridized carbons (Fsp3) is 0.200. The zero-order valence-corrected chi connectivity index (χ0v) is 15.8. The molecule has 2 aromatic carbocycles. The standard InChI is InChI=1S/C20H17F3N2O4/c1-27-16-10-18(29-3)17(28-2)8-12(16)7-13(11-24)19(26)25-15-6-4-5-14(9-15)20(21,22)23/h4-10H,1-3H3,(H,25,26)/b13-7+. The lowest BCUT2D eigenvalue weighted by Gasteiger charge is -2.13. The number of anilines is 1. The molecule has 0 aromatic heterocycles. The topological polar surface area (TPSA) is 80.6 Å². The summed E-state index contributed by atoms with van der Waals surface area (Å²) in [6.45, 7) is 0. The van der Waals surface area contributed by atoms with Crippen molar-refractivity contribution in [1.82, 2.24) is 0 Å². The molecule has 0 aliphatic heterocycles. The number of nitrogens with one attached hydrogen (secondary N) is 1. The number of carbonyl (C=O) groups is 1. The minimum Gasteiger partial charge on any atom is -0.496 e. The molecule has 1 amide bonds. The number of nitrogens with zero attached hydrogens (tertiary/aromatic N) is 1. The van der Waals surface area contributed by atoms with E-state index in [4.69, 9.17) is 14.2 Å². The van der Waals surface area contributed by atoms with Gasteiger partial charge in [0.15, 0.2) is 11.5 Å². The molecule has 0 aliphatic rings. The second-order valence-electron chi connectivity index (χ2n) is 5.65. The molecule has 2 rings (SSSR count). The number of benzene rings is 2. The Morgan fingerprint density at radius 2 is 1.66 bits per heavy atom. The van der Waals surface area contributed by atoms with E-state index in [2.05, 4.69) is 5.32 Å². The van der Waals surface area contributed by atoms with E-state index in [1.807, 2.05) is 0 Å². The number of hydrogen-bond acceptors (Lipinski definition) is 5. The summed E-state index contributed by atoms with van der Waals surface area (Å²) in [4.78, 5) is 12.4. The van der Waals surface area contributed by atoms with Crippen molar-refractivity contribution >= 4 is 17.7 Å². The van der Waals surface area contributed by atoms with Gasteiger partial charge in [0.25, 0.3) is 5.91 Å². The lowest BCUT2D eigenvalue weighted by molar-refractivity contribution is -0.137. The summed E-state index contributed by atoms with van der Waals surface area (Å²) in [6.07, 6.45) is -3.31. The molecule has 0 fully saturated rings. The predicted octanol–water partition coefficient (Wildman–Crippen LogP) is 4.28. The van der Waals surface area contributed by atoms with Crippen LogP contribution in [-0.4, -0.2) is 27.2 Å². The Balaban J connectivity index is 2.38. The average Bonchev–Trinajstić information content (AvgIpc) is 2.70. The number of halogens is 3. The van der Waals surface area contributed by atoms with Crippen LogP contribution in [0.1, 0.15) is 11.1 Å². The van der Waals surface area contributed by atoms with Crippen LogP contribution in [0.4, 0.5) is 18.9 Å². The van der Waals surface area contributed by atoms with Crippen LogP contribution in [0.2, 0.25) is 0 Å². The maximum Gasteiger partial charge on any atom is 0.416 e. The van der Waals surface area contributed by atoms with Gasteiger partial charge in [-0.15, -0.1) is 0 Å². The van der Waals surface area contributed by atoms with Crippen molar-refractivity contribution in [3.05, 3.63) is 53.1 Å². The molecular weight excluding hydrogens is 389 g/mol. The van der Waals surface area contributed by atoms with E-state index in [9.17, 15) is 23.2 Å². The second kappa shape index (κ2) is 9.01. The van der Waals surface area contributed by atoms with Gasteiger partial charge in [0.2, 0.25) is 0 Å². The SMILES string of the molecule is COc1cc(OC)c(OC)cc1/C=C(\C#N)C(=O)Nc1cccc(C(F)(F)F)c1. The van der Waals surface area contributed by atoms with Gasteiger partial charge in [-0.25, -0.2) is 0 Å². The van der Waals surface area contributed by atoms with Crippen molar-refractivity contribution in [3.8, 4) is 23.3 Å². The number of hydrogen-bond donors (Lipinski definition) is 1. The highest BCUT2D eigenvalue weighted by atomic mass is 19.4. The highest BCUT2D eigenvalue weighted by molar-refractivity contribution is 6.09. The molecular formula is C20H17F3N2O4. The largest absolute Gasteiger partial charge is 0.496 e. The Hall–Kier alpha value is -3.67. The molecule has 0 aliphatic carbocycles. The molecule has 0 spiro atoms. The van der Waals surface area contributed by atoms with E-state index in [0.717, 1.165) is 18.2 Å². The summed E-state index contributed by atoms with van der Waals surface area (Å²) in [6, 6.07) is 8.87. The number of amides is 1. The highest BCUT2D eigenvalue weighted by Gasteiger charge is 2.30. The molecule has 0 unspecified atom stereocenters. The number of methoxy groups -OCH3 is 3. The summed E-state index contributed by atoms with van der Waals surface area (Å²) in [5.41, 5.74) is -1.00. The number of rotatable bonds is 6. The fourth-order valence-electron chi connectivity index (χ4n) is 2.44. The van der Waals surface area contributed by atoms with Gasteiger partial charge in [0.05, 0.1) is 26.9 Å². The van der Waals surface area contributed by atoms with Crippen molar-refractivity contribution in [2.45, 2.75) is 6.18 Å². The van der Waals surface area contributed by atoms with Crippen molar-refractivity contribution in [3.63, 3.8) is 0 Å². The van der Waals surface area contributed by atoms with E-state index in [1.54, 1.807) is 6.07 Å². The van der Waals surface area contributed by atoms with Crippen LogP contribution in [0.5, 0.6) is 17.2 Å². The Kier molecular flexibility index (Phi) is 6.72. The zero-order chi connectivity index (χ0) is 21.6. The third-order valence-corrected chi connectivity index (χ3v) is 3.85. The molecule has 6 nitrogen and oxygen atoms in total. The lowest BCUT2D eigenvalue weighted by Crippen LogP contribution is -2.14. The minimum absolute atomic E-state index is 0.0924. The summed E-state index contributed by atoms with van der Waals surface area (Å²) < 4.78 is 54.1. The van der Waals surface area contributed by atoms with Crippen LogP contribution in [0.25, 0.3) is 6.08 Å². The number of carbonyl (C=O) groups excluding carboxylic acids is 1. The Labute approximate surface area is 165 Å². The van der Waals surface area contributed by atoms with Crippen molar-refractivity contribution in [2.24, 2.45) is 0 Å². The molecule has 29 heavy (non-hydrogen) atoms. The maximum absolute atomic E-state index is 12.8. The summed E-state index contributed by atoms with van der Waals surface area (Å²) >= 11 is 0. The van der Waals surface area contributed by atoms with Crippen LogP contribution in [0.3, 0.4) is 0 Å². The summed E-state index contributed by atoms with van der Waals surface area (Å²) in [7, 11) is 4.26. The van der Waals surface area contributed by atoms with Crippen molar-refractivity contribution in [1.29, 1.82) is 5.26 Å². The molecule has 0 bridgehead atoms. The van der Waals surface area contributed by atoms with Crippen LogP contribution in [-0.2, 0) is 11.0 Å². The zero-order valence-electron chi connectivity index (χ0n) is 15.8. The van der Waals surface area contributed by atoms with Crippen LogP contribution >= 0.6 is 0 Å². The first kappa shape index (κ1) is 21.6. The molecule has 9 heteroatoms. The van der Waals surface area contributed by atoms with E-state index >= 15 is 0 Å². The molecule has 1 N–H and O–H groups in total. The molecule has 0 heterocycles. The fourth-order valence-corrected chi connectivity index (χ4v) is 2.44. The van der Waals surface area contributed by atoms with Gasteiger partial charge >= 0.3 is 6.18 Å². The molecule has 2 aromatic rings. The van der Waals surface area contributed by atoms with Gasteiger partial charge in [-0.05, 0) is 30.3 Å². The molecule has 0 saturated heterocycles. The molecule has 0 radical (unpaired) electrons. The van der Waals surface area contributed by atoms with E-state index in [1.165, 1.54) is 45.6 Å². The minimum atomic E-state index is -4.55.